The summed E-state index contributed by atoms with van der Waals surface area (Å²) < 4.78 is 18.0. The fraction of sp³-hybridized carbons (Fsp3) is 0.529. The summed E-state index contributed by atoms with van der Waals surface area (Å²) in [6.07, 6.45) is 6.01. The number of aromatic hydroxyl groups is 1. The fourth-order valence-corrected chi connectivity index (χ4v) is 8.81. The molecule has 4 atom stereocenters. The first-order valence-corrected chi connectivity index (χ1v) is 16.3. The van der Waals surface area contributed by atoms with Gasteiger partial charge in [-0.2, -0.15) is 0 Å². The molecule has 0 radical (unpaired) electrons. The van der Waals surface area contributed by atoms with Gasteiger partial charge in [-0.25, -0.2) is 14.4 Å². The maximum absolute atomic E-state index is 14.1. The molecule has 6 aliphatic rings. The minimum absolute atomic E-state index is 0.00365. The molecule has 2 saturated heterocycles. The number of carbonyl (C=O) groups is 2. The summed E-state index contributed by atoms with van der Waals surface area (Å²) in [5, 5.41) is 15.2. The van der Waals surface area contributed by atoms with Crippen LogP contribution < -0.4 is 11.1 Å². The lowest BCUT2D eigenvalue weighted by atomic mass is 9.42. The molecule has 11 heteroatoms. The number of aryl methyl sites for hydroxylation is 1. The fourth-order valence-electron chi connectivity index (χ4n) is 8.81. The van der Waals surface area contributed by atoms with Crippen molar-refractivity contribution in [3.8, 4) is 17.3 Å². The van der Waals surface area contributed by atoms with E-state index in [0.29, 0.717) is 36.4 Å². The van der Waals surface area contributed by atoms with Crippen molar-refractivity contribution < 1.29 is 19.1 Å². The summed E-state index contributed by atoms with van der Waals surface area (Å²) in [4.78, 5) is 38.5. The number of rotatable bonds is 7. The Bertz CT molecular complexity index is 1920. The van der Waals surface area contributed by atoms with Gasteiger partial charge < -0.3 is 25.6 Å². The van der Waals surface area contributed by atoms with Crippen LogP contribution in [0.2, 0.25) is 0 Å². The molecular weight excluding hydrogens is 573 g/mol. The third kappa shape index (κ3) is 3.95. The van der Waals surface area contributed by atoms with Crippen molar-refractivity contribution >= 4 is 28.5 Å². The van der Waals surface area contributed by atoms with E-state index >= 15 is 0 Å². The molecular formula is C34H38FN7O3. The number of alkyl halides is 1. The Morgan fingerprint density at radius 3 is 2.58 bits per heavy atom. The average molecular weight is 612 g/mol. The van der Waals surface area contributed by atoms with Crippen LogP contribution in [-0.4, -0.2) is 64.6 Å². The van der Waals surface area contributed by atoms with E-state index in [1.807, 2.05) is 30.9 Å². The lowest BCUT2D eigenvalue weighted by molar-refractivity contribution is -0.214. The van der Waals surface area contributed by atoms with Crippen LogP contribution >= 0.6 is 0 Å². The molecule has 10 nitrogen and oxygen atoms in total. The number of nitrogens with zero attached hydrogens (tertiary/aromatic N) is 5. The molecule has 4 aliphatic carbocycles. The van der Waals surface area contributed by atoms with E-state index in [9.17, 15) is 19.1 Å². The molecule has 4 aromatic heterocycles. The summed E-state index contributed by atoms with van der Waals surface area (Å²) in [5.41, 5.74) is 9.54. The zero-order chi connectivity index (χ0) is 31.0. The van der Waals surface area contributed by atoms with Crippen LogP contribution in [0.15, 0.2) is 30.3 Å². The molecule has 2 amide bonds. The largest absolute Gasteiger partial charge is 0.494 e. The van der Waals surface area contributed by atoms with Crippen molar-refractivity contribution in [3.05, 3.63) is 47.3 Å². The van der Waals surface area contributed by atoms with Crippen LogP contribution in [0.1, 0.15) is 86.1 Å². The summed E-state index contributed by atoms with van der Waals surface area (Å²) in [6, 6.07) is 9.26. The molecule has 6 heterocycles. The molecule has 0 unspecified atom stereocenters. The molecule has 0 spiro atoms. The van der Waals surface area contributed by atoms with E-state index in [4.69, 9.17) is 15.7 Å². The van der Waals surface area contributed by atoms with Gasteiger partial charge in [0.1, 0.15) is 22.7 Å². The molecule has 4 bridgehead atoms. The Morgan fingerprint density at radius 2 is 1.91 bits per heavy atom. The predicted molar refractivity (Wildman–Crippen MR) is 165 cm³/mol. The van der Waals surface area contributed by atoms with Gasteiger partial charge in [-0.1, -0.05) is 0 Å². The number of halogens is 1. The van der Waals surface area contributed by atoms with Gasteiger partial charge >= 0.3 is 0 Å². The normalized spacial score (nSPS) is 30.5. The van der Waals surface area contributed by atoms with E-state index < -0.39 is 11.1 Å². The first-order chi connectivity index (χ1) is 21.5. The number of pyridine rings is 2. The highest BCUT2D eigenvalue weighted by Crippen LogP contribution is 2.69. The summed E-state index contributed by atoms with van der Waals surface area (Å²) >= 11 is 0. The Labute approximate surface area is 259 Å². The van der Waals surface area contributed by atoms with Crippen molar-refractivity contribution in [2.75, 3.05) is 0 Å². The first-order valence-electron chi connectivity index (χ1n) is 16.3. The van der Waals surface area contributed by atoms with E-state index in [2.05, 4.69) is 16.0 Å². The van der Waals surface area contributed by atoms with Gasteiger partial charge in [-0.15, -0.1) is 0 Å². The molecule has 0 aromatic carbocycles. The van der Waals surface area contributed by atoms with Gasteiger partial charge in [0.25, 0.3) is 5.91 Å². The van der Waals surface area contributed by atoms with E-state index in [1.54, 1.807) is 16.5 Å². The smallest absolute Gasteiger partial charge is 0.254 e. The lowest BCUT2D eigenvalue weighted by Crippen LogP contribution is -2.70. The number of nitrogens with one attached hydrogen (secondary N) is 1. The monoisotopic (exact) mass is 611 g/mol. The molecule has 10 rings (SSSR count). The van der Waals surface area contributed by atoms with Crippen LogP contribution in [-0.2, 0) is 11.3 Å². The minimum atomic E-state index is -1.12. The van der Waals surface area contributed by atoms with Crippen molar-refractivity contribution in [2.45, 2.75) is 102 Å². The highest BCUT2D eigenvalue weighted by Gasteiger charge is 2.72. The Hall–Kier alpha value is -3.99. The summed E-state index contributed by atoms with van der Waals surface area (Å²) in [5.74, 6) is 0.342. The minimum Gasteiger partial charge on any atom is -0.494 e. The number of hydrogen-bond acceptors (Lipinski definition) is 6. The van der Waals surface area contributed by atoms with Crippen molar-refractivity contribution in [2.24, 2.45) is 17.1 Å². The molecule has 6 fully saturated rings. The standard InChI is InChI=1S/C34H38FN7O3/c1-17(37-32(45)33-14-34(35,15-33)16-33)24-7-5-20-9-26(40(30(20)38-24)13-19-3-4-19)29-18(2)41-27(39-29)10-21(11-28(41)43)31(44)42-22-6-8-25(42)23(36)12-22/h5,7,9-11,17,19,22-23,25,43H,3-4,6,8,12-16,36H2,1-2H3,(H,37,45)/t17-,22+,23-,25-,33?,34?/m1/s1. The zero-order valence-corrected chi connectivity index (χ0v) is 25.6. The summed E-state index contributed by atoms with van der Waals surface area (Å²) in [6.45, 7) is 4.64. The number of aromatic nitrogens is 4. The molecule has 4 aromatic rings. The Balaban J connectivity index is 1.07. The van der Waals surface area contributed by atoms with Crippen molar-refractivity contribution in [1.82, 2.24) is 29.2 Å². The van der Waals surface area contributed by atoms with Gasteiger partial charge in [0.2, 0.25) is 5.91 Å². The number of hydrogen-bond donors (Lipinski definition) is 3. The molecule has 2 aliphatic heterocycles. The van der Waals surface area contributed by atoms with Crippen LogP contribution in [0.3, 0.4) is 0 Å². The second-order valence-corrected chi connectivity index (χ2v) is 14.6. The van der Waals surface area contributed by atoms with Crippen molar-refractivity contribution in [3.63, 3.8) is 0 Å². The van der Waals surface area contributed by atoms with E-state index in [0.717, 1.165) is 72.5 Å². The van der Waals surface area contributed by atoms with Crippen LogP contribution in [0, 0.1) is 18.3 Å². The van der Waals surface area contributed by atoms with E-state index in [-0.39, 0.29) is 41.9 Å². The van der Waals surface area contributed by atoms with Crippen LogP contribution in [0.5, 0.6) is 5.88 Å². The quantitative estimate of drug-likeness (QED) is 0.281. The molecule has 234 valence electrons. The van der Waals surface area contributed by atoms with Crippen molar-refractivity contribution in [1.29, 1.82) is 0 Å². The number of amides is 2. The average Bonchev–Trinajstić information content (AvgIpc) is 3.29. The van der Waals surface area contributed by atoms with Gasteiger partial charge in [0.15, 0.2) is 5.88 Å². The molecule has 45 heavy (non-hydrogen) atoms. The molecule has 4 saturated carbocycles. The second-order valence-electron chi connectivity index (χ2n) is 14.6. The first kappa shape index (κ1) is 27.3. The highest BCUT2D eigenvalue weighted by molar-refractivity contribution is 5.97. The maximum Gasteiger partial charge on any atom is 0.254 e. The Morgan fingerprint density at radius 1 is 1.13 bits per heavy atom. The van der Waals surface area contributed by atoms with Gasteiger partial charge in [-0.05, 0) is 95.4 Å². The van der Waals surface area contributed by atoms with Crippen LogP contribution in [0.4, 0.5) is 4.39 Å². The molecule has 4 N–H and O–H groups in total. The third-order valence-electron chi connectivity index (χ3n) is 11.4. The highest BCUT2D eigenvalue weighted by atomic mass is 19.1. The third-order valence-corrected chi connectivity index (χ3v) is 11.4. The lowest BCUT2D eigenvalue weighted by Gasteiger charge is -2.64. The van der Waals surface area contributed by atoms with Crippen LogP contribution in [0.25, 0.3) is 28.1 Å². The zero-order valence-electron chi connectivity index (χ0n) is 25.6. The number of fused-ring (bicyclic) bond motifs is 4. The van der Waals surface area contributed by atoms with Gasteiger partial charge in [-0.3, -0.25) is 14.0 Å². The summed E-state index contributed by atoms with van der Waals surface area (Å²) in [7, 11) is 0. The number of nitrogens with two attached hydrogens (primary N) is 1. The van der Waals surface area contributed by atoms with E-state index in [1.165, 1.54) is 0 Å². The SMILES string of the molecule is Cc1c(-c2cc3ccc([C@@H](C)NC(=O)C45CC(F)(C4)C5)nc3n2CC2CC2)nc2cc(C(=O)N3[C@H]4CC[C@@H]3[C@H](N)C4)cc(O)n12. The number of imidazole rings is 1. The maximum atomic E-state index is 14.1. The predicted octanol–water partition coefficient (Wildman–Crippen LogP) is 4.55. The van der Waals surface area contributed by atoms with Gasteiger partial charge in [0, 0.05) is 41.7 Å². The second kappa shape index (κ2) is 9.05. The van der Waals surface area contributed by atoms with Gasteiger partial charge in [0.05, 0.1) is 28.5 Å². The topological polar surface area (TPSA) is 131 Å². The number of carbonyl (C=O) groups excluding carboxylic acids is 2. The Kier molecular flexibility index (Phi) is 5.50.